The maximum absolute atomic E-state index is 11.9. The van der Waals surface area contributed by atoms with Crippen molar-refractivity contribution in [1.82, 2.24) is 15.5 Å². The lowest BCUT2D eigenvalue weighted by Crippen LogP contribution is -2.23. The summed E-state index contributed by atoms with van der Waals surface area (Å²) in [6, 6.07) is 17.7. The second-order valence-corrected chi connectivity index (χ2v) is 5.63. The van der Waals surface area contributed by atoms with Crippen LogP contribution in [0, 0.1) is 6.92 Å². The van der Waals surface area contributed by atoms with Crippen LogP contribution in [0.4, 0.5) is 0 Å². The van der Waals surface area contributed by atoms with Crippen molar-refractivity contribution in [2.45, 2.75) is 26.3 Å². The van der Waals surface area contributed by atoms with Crippen LogP contribution in [0.1, 0.15) is 23.4 Å². The minimum atomic E-state index is -0.0324. The lowest BCUT2D eigenvalue weighted by Gasteiger charge is -2.03. The zero-order valence-corrected chi connectivity index (χ0v) is 13.5. The molecule has 3 rings (SSSR count). The Balaban J connectivity index is 1.48. The lowest BCUT2D eigenvalue weighted by molar-refractivity contribution is -0.121. The van der Waals surface area contributed by atoms with E-state index in [1.165, 1.54) is 5.56 Å². The summed E-state index contributed by atoms with van der Waals surface area (Å²) in [4.78, 5) is 11.9. The molecule has 1 amide bonds. The topological polar surface area (TPSA) is 68.0 Å². The SMILES string of the molecule is Cc1ccc(CCC(=O)NCc2nnc(-c3ccccc3)o2)cc1. The van der Waals surface area contributed by atoms with Gasteiger partial charge in [-0.05, 0) is 31.0 Å². The highest BCUT2D eigenvalue weighted by molar-refractivity contribution is 5.76. The minimum absolute atomic E-state index is 0.0324. The average Bonchev–Trinajstić information content (AvgIpc) is 3.09. The molecule has 2 aromatic carbocycles. The van der Waals surface area contributed by atoms with Gasteiger partial charge in [0, 0.05) is 12.0 Å². The van der Waals surface area contributed by atoms with Gasteiger partial charge in [0.25, 0.3) is 0 Å². The highest BCUT2D eigenvalue weighted by Crippen LogP contribution is 2.16. The molecule has 1 heterocycles. The molecule has 0 saturated heterocycles. The van der Waals surface area contributed by atoms with Crippen molar-refractivity contribution in [3.05, 3.63) is 71.6 Å². The number of aryl methyl sites for hydroxylation is 2. The van der Waals surface area contributed by atoms with Gasteiger partial charge in [0.1, 0.15) is 0 Å². The number of amides is 1. The summed E-state index contributed by atoms with van der Waals surface area (Å²) < 4.78 is 5.56. The van der Waals surface area contributed by atoms with E-state index in [0.29, 0.717) is 24.6 Å². The van der Waals surface area contributed by atoms with Gasteiger partial charge in [-0.3, -0.25) is 4.79 Å². The third-order valence-corrected chi connectivity index (χ3v) is 3.69. The second kappa shape index (κ2) is 7.55. The zero-order chi connectivity index (χ0) is 16.8. The van der Waals surface area contributed by atoms with Gasteiger partial charge in [0.05, 0.1) is 6.54 Å². The summed E-state index contributed by atoms with van der Waals surface area (Å²) in [6.07, 6.45) is 1.15. The highest BCUT2D eigenvalue weighted by Gasteiger charge is 2.09. The van der Waals surface area contributed by atoms with E-state index in [1.807, 2.05) is 49.4 Å². The predicted octanol–water partition coefficient (Wildman–Crippen LogP) is 3.29. The lowest BCUT2D eigenvalue weighted by atomic mass is 10.1. The number of carbonyl (C=O) groups is 1. The third kappa shape index (κ3) is 4.29. The molecule has 3 aromatic rings. The number of aromatic nitrogens is 2. The van der Waals surface area contributed by atoms with Crippen LogP contribution in [0.15, 0.2) is 59.0 Å². The van der Waals surface area contributed by atoms with Crippen LogP contribution >= 0.6 is 0 Å². The molecule has 0 fully saturated rings. The van der Waals surface area contributed by atoms with Gasteiger partial charge in [-0.2, -0.15) is 0 Å². The van der Waals surface area contributed by atoms with Gasteiger partial charge in [-0.25, -0.2) is 0 Å². The Labute approximate surface area is 140 Å². The van der Waals surface area contributed by atoms with Gasteiger partial charge < -0.3 is 9.73 Å². The number of benzene rings is 2. The molecule has 122 valence electrons. The monoisotopic (exact) mass is 321 g/mol. The van der Waals surface area contributed by atoms with E-state index in [4.69, 9.17) is 4.42 Å². The molecule has 0 aliphatic rings. The van der Waals surface area contributed by atoms with Crippen molar-refractivity contribution in [2.75, 3.05) is 0 Å². The number of hydrogen-bond acceptors (Lipinski definition) is 4. The number of nitrogens with zero attached hydrogens (tertiary/aromatic N) is 2. The first-order chi connectivity index (χ1) is 11.7. The van der Waals surface area contributed by atoms with E-state index in [1.54, 1.807) is 0 Å². The molecule has 5 nitrogen and oxygen atoms in total. The van der Waals surface area contributed by atoms with Crippen molar-refractivity contribution in [2.24, 2.45) is 0 Å². The fourth-order valence-electron chi connectivity index (χ4n) is 2.30. The molecule has 0 atom stereocenters. The van der Waals surface area contributed by atoms with Crippen LogP contribution in [0.2, 0.25) is 0 Å². The molecule has 0 unspecified atom stereocenters. The van der Waals surface area contributed by atoms with Gasteiger partial charge in [-0.15, -0.1) is 10.2 Å². The van der Waals surface area contributed by atoms with Gasteiger partial charge in [-0.1, -0.05) is 48.0 Å². The Morgan fingerprint density at radius 1 is 1.04 bits per heavy atom. The fraction of sp³-hybridized carbons (Fsp3) is 0.211. The van der Waals surface area contributed by atoms with Crippen LogP contribution in [0.5, 0.6) is 0 Å². The number of hydrogen-bond donors (Lipinski definition) is 1. The molecule has 5 heteroatoms. The summed E-state index contributed by atoms with van der Waals surface area (Å²) >= 11 is 0. The fourth-order valence-corrected chi connectivity index (χ4v) is 2.30. The largest absolute Gasteiger partial charge is 0.419 e. The molecule has 1 N–H and O–H groups in total. The van der Waals surface area contributed by atoms with Gasteiger partial charge in [0.2, 0.25) is 17.7 Å². The summed E-state index contributed by atoms with van der Waals surface area (Å²) in [7, 11) is 0. The quantitative estimate of drug-likeness (QED) is 0.756. The van der Waals surface area contributed by atoms with Crippen LogP contribution < -0.4 is 5.32 Å². The van der Waals surface area contributed by atoms with E-state index in [9.17, 15) is 4.79 Å². The Morgan fingerprint density at radius 2 is 1.79 bits per heavy atom. The number of nitrogens with one attached hydrogen (secondary N) is 1. The third-order valence-electron chi connectivity index (χ3n) is 3.69. The maximum atomic E-state index is 11.9. The molecule has 1 aromatic heterocycles. The maximum Gasteiger partial charge on any atom is 0.247 e. The zero-order valence-electron chi connectivity index (χ0n) is 13.5. The number of rotatable bonds is 6. The normalized spacial score (nSPS) is 10.5. The first-order valence-electron chi connectivity index (χ1n) is 7.91. The summed E-state index contributed by atoms with van der Waals surface area (Å²) in [6.45, 7) is 2.29. The molecule has 0 spiro atoms. The average molecular weight is 321 g/mol. The first-order valence-corrected chi connectivity index (χ1v) is 7.91. The van der Waals surface area contributed by atoms with Gasteiger partial charge in [0.15, 0.2) is 0 Å². The molecule has 0 aliphatic carbocycles. The van der Waals surface area contributed by atoms with E-state index in [-0.39, 0.29) is 12.5 Å². The van der Waals surface area contributed by atoms with Gasteiger partial charge >= 0.3 is 0 Å². The van der Waals surface area contributed by atoms with Crippen LogP contribution in [-0.4, -0.2) is 16.1 Å². The molecule has 0 saturated carbocycles. The summed E-state index contributed by atoms with van der Waals surface area (Å²) in [5.41, 5.74) is 3.23. The summed E-state index contributed by atoms with van der Waals surface area (Å²) in [5.74, 6) is 0.826. The molecular formula is C19H19N3O2. The van der Waals surface area contributed by atoms with Crippen molar-refractivity contribution < 1.29 is 9.21 Å². The predicted molar refractivity (Wildman–Crippen MR) is 91.1 cm³/mol. The molecule has 0 aliphatic heterocycles. The Kier molecular flexibility index (Phi) is 5.01. The Morgan fingerprint density at radius 3 is 2.54 bits per heavy atom. The van der Waals surface area contributed by atoms with E-state index in [2.05, 4.69) is 27.6 Å². The van der Waals surface area contributed by atoms with E-state index in [0.717, 1.165) is 11.1 Å². The minimum Gasteiger partial charge on any atom is -0.419 e. The van der Waals surface area contributed by atoms with Crippen LogP contribution in [0.25, 0.3) is 11.5 Å². The Hall–Kier alpha value is -2.95. The second-order valence-electron chi connectivity index (χ2n) is 5.63. The van der Waals surface area contributed by atoms with Crippen LogP contribution in [0.3, 0.4) is 0 Å². The standard InChI is InChI=1S/C19H19N3O2/c1-14-7-9-15(10-8-14)11-12-17(23)20-13-18-21-22-19(24-18)16-5-3-2-4-6-16/h2-10H,11-13H2,1H3,(H,20,23). The van der Waals surface area contributed by atoms with Crippen molar-refractivity contribution in [3.63, 3.8) is 0 Å². The molecule has 0 bridgehead atoms. The van der Waals surface area contributed by atoms with E-state index < -0.39 is 0 Å². The van der Waals surface area contributed by atoms with Crippen LogP contribution in [-0.2, 0) is 17.8 Å². The van der Waals surface area contributed by atoms with Crippen molar-refractivity contribution in [3.8, 4) is 11.5 Å². The molecule has 0 radical (unpaired) electrons. The van der Waals surface area contributed by atoms with Crippen molar-refractivity contribution in [1.29, 1.82) is 0 Å². The van der Waals surface area contributed by atoms with Crippen molar-refractivity contribution >= 4 is 5.91 Å². The Bertz CT molecular complexity index is 795. The molecular weight excluding hydrogens is 302 g/mol. The first kappa shape index (κ1) is 15.9. The summed E-state index contributed by atoms with van der Waals surface area (Å²) in [5, 5.41) is 10.8. The number of carbonyl (C=O) groups excluding carboxylic acids is 1. The molecule has 24 heavy (non-hydrogen) atoms. The smallest absolute Gasteiger partial charge is 0.247 e. The highest BCUT2D eigenvalue weighted by atomic mass is 16.4. The van der Waals surface area contributed by atoms with E-state index >= 15 is 0 Å².